The predicted molar refractivity (Wildman–Crippen MR) is 472 cm³/mol. The molecule has 112 heavy (non-hydrogen) atoms. The van der Waals surface area contributed by atoms with Crippen LogP contribution >= 0.6 is 0 Å². The molecule has 6 heteroatoms. The van der Waals surface area contributed by atoms with Gasteiger partial charge in [0.05, 0.1) is 0 Å². The second-order valence-corrected chi connectivity index (χ2v) is 33.2. The predicted octanol–water partition coefficient (Wildman–Crippen LogP) is 30.2. The Morgan fingerprint density at radius 1 is 0.205 bits per heavy atom. The fraction of sp³-hybridized carbons (Fsp3) is 0.00943. The molecular formula is C106H62F3NSe2. The van der Waals surface area contributed by atoms with Crippen LogP contribution in [0.15, 0.2) is 376 Å². The Labute approximate surface area is 655 Å². The van der Waals surface area contributed by atoms with Gasteiger partial charge in [0.15, 0.2) is 0 Å². The molecule has 0 saturated carbocycles. The van der Waals surface area contributed by atoms with E-state index >= 15 is 0 Å². The van der Waals surface area contributed by atoms with Crippen LogP contribution in [0.25, 0.3) is 219 Å². The summed E-state index contributed by atoms with van der Waals surface area (Å²) in [7, 11) is 0. The van der Waals surface area contributed by atoms with Gasteiger partial charge >= 0.3 is 661 Å². The van der Waals surface area contributed by atoms with Gasteiger partial charge in [-0.1, -0.05) is 0 Å². The van der Waals surface area contributed by atoms with Crippen LogP contribution in [0.3, 0.4) is 0 Å². The first kappa shape index (κ1) is 67.0. The fourth-order valence-corrected chi connectivity index (χ4v) is 23.1. The van der Waals surface area contributed by atoms with Crippen molar-refractivity contribution in [2.75, 3.05) is 0 Å². The van der Waals surface area contributed by atoms with E-state index in [2.05, 4.69) is 326 Å². The molecule has 0 aliphatic heterocycles. The van der Waals surface area contributed by atoms with E-state index in [1.807, 2.05) is 30.3 Å². The molecule has 2 aromatic heterocycles. The molecule has 0 aliphatic carbocycles. The molecule has 1 nitrogen and oxygen atoms in total. The molecule has 0 aliphatic rings. The van der Waals surface area contributed by atoms with E-state index in [0.29, 0.717) is 5.69 Å². The maximum absolute atomic E-state index is 13.6. The van der Waals surface area contributed by atoms with Gasteiger partial charge in [-0.15, -0.1) is 0 Å². The van der Waals surface area contributed by atoms with Crippen LogP contribution in [0.5, 0.6) is 0 Å². The third-order valence-corrected chi connectivity index (χ3v) is 27.9. The van der Waals surface area contributed by atoms with Crippen LogP contribution < -0.4 is 0 Å². The number of nitrogens with zero attached hydrogens (tertiary/aromatic N) is 1. The molecule has 2 heterocycles. The van der Waals surface area contributed by atoms with E-state index in [4.69, 9.17) is 6.57 Å². The zero-order chi connectivity index (χ0) is 74.7. The Morgan fingerprint density at radius 3 is 0.759 bits per heavy atom. The van der Waals surface area contributed by atoms with Crippen molar-refractivity contribution >= 4 is 159 Å². The molecule has 20 aromatic carbocycles. The number of benzene rings is 20. The molecule has 524 valence electrons. The summed E-state index contributed by atoms with van der Waals surface area (Å²) in [5.74, 6) is 0. The summed E-state index contributed by atoms with van der Waals surface area (Å²) in [5.41, 5.74) is 18.8. The van der Waals surface area contributed by atoms with E-state index in [1.165, 1.54) is 177 Å². The van der Waals surface area contributed by atoms with E-state index in [0.717, 1.165) is 49.4 Å². The Hall–Kier alpha value is -13.2. The first-order valence-corrected chi connectivity index (χ1v) is 41.1. The minimum absolute atomic E-state index is 0.0510. The van der Waals surface area contributed by atoms with E-state index in [9.17, 15) is 13.2 Å². The molecule has 0 radical (unpaired) electrons. The van der Waals surface area contributed by atoms with Crippen LogP contribution in [0.2, 0.25) is 0 Å². The van der Waals surface area contributed by atoms with Crippen molar-refractivity contribution in [2.45, 2.75) is 6.18 Å². The molecule has 0 fully saturated rings. The van der Waals surface area contributed by atoms with Crippen molar-refractivity contribution in [3.63, 3.8) is 0 Å². The van der Waals surface area contributed by atoms with Gasteiger partial charge in [0.1, 0.15) is 0 Å². The van der Waals surface area contributed by atoms with E-state index < -0.39 is 11.7 Å². The summed E-state index contributed by atoms with van der Waals surface area (Å²) < 4.78 is 46.3. The van der Waals surface area contributed by atoms with Gasteiger partial charge in [-0.3, -0.25) is 0 Å². The van der Waals surface area contributed by atoms with Crippen LogP contribution in [-0.2, 0) is 6.18 Å². The zero-order valence-electron chi connectivity index (χ0n) is 60.2. The minimum atomic E-state index is -4.39. The molecule has 0 amide bonds. The van der Waals surface area contributed by atoms with Gasteiger partial charge in [0, 0.05) is 0 Å². The Bertz CT molecular complexity index is 7450. The molecule has 0 atom stereocenters. The van der Waals surface area contributed by atoms with E-state index in [-0.39, 0.29) is 29.0 Å². The second-order valence-electron chi connectivity index (χ2n) is 28.8. The molecule has 0 saturated heterocycles. The molecule has 0 unspecified atom stereocenters. The van der Waals surface area contributed by atoms with Crippen molar-refractivity contribution in [2.24, 2.45) is 0 Å². The second kappa shape index (κ2) is 27.1. The third kappa shape index (κ3) is 10.9. The summed E-state index contributed by atoms with van der Waals surface area (Å²) >= 11 is 0.175. The van der Waals surface area contributed by atoms with Gasteiger partial charge in [-0.2, -0.15) is 0 Å². The van der Waals surface area contributed by atoms with Crippen molar-refractivity contribution in [1.29, 1.82) is 0 Å². The first-order chi connectivity index (χ1) is 55.2. The fourth-order valence-electron chi connectivity index (χ4n) is 18.1. The Morgan fingerprint density at radius 2 is 0.446 bits per heavy atom. The number of alkyl halides is 3. The van der Waals surface area contributed by atoms with E-state index in [1.54, 1.807) is 12.1 Å². The number of halogens is 3. The number of hydrogen-bond acceptors (Lipinski definition) is 0. The molecule has 22 rings (SSSR count). The number of fused-ring (bicyclic) bond motifs is 14. The number of hydrogen-bond donors (Lipinski definition) is 0. The maximum atomic E-state index is 13.6. The van der Waals surface area contributed by atoms with Gasteiger partial charge in [-0.05, 0) is 0 Å². The normalized spacial score (nSPS) is 11.9. The summed E-state index contributed by atoms with van der Waals surface area (Å²) in [4.78, 5) is 3.94. The molecular weight excluding hydrogens is 1500 g/mol. The van der Waals surface area contributed by atoms with Crippen LogP contribution in [-0.4, -0.2) is 29.0 Å². The third-order valence-electron chi connectivity index (χ3n) is 22.8. The number of rotatable bonds is 8. The number of para-hydroxylation sites is 1. The van der Waals surface area contributed by atoms with Gasteiger partial charge in [-0.25, -0.2) is 0 Å². The van der Waals surface area contributed by atoms with Crippen LogP contribution in [0.1, 0.15) is 5.56 Å². The average Bonchev–Trinajstić information content (AvgIpc) is 1.09. The monoisotopic (exact) mass is 1570 g/mol. The summed E-state index contributed by atoms with van der Waals surface area (Å²) in [6.45, 7) is 8.00. The summed E-state index contributed by atoms with van der Waals surface area (Å²) in [6, 6.07) is 133. The van der Waals surface area contributed by atoms with Crippen LogP contribution in [0, 0.1) is 6.57 Å². The van der Waals surface area contributed by atoms with Crippen LogP contribution in [0.4, 0.5) is 18.9 Å². The van der Waals surface area contributed by atoms with Gasteiger partial charge in [0.2, 0.25) is 0 Å². The molecule has 0 spiro atoms. The van der Waals surface area contributed by atoms with Crippen molar-refractivity contribution in [1.82, 2.24) is 0 Å². The van der Waals surface area contributed by atoms with Gasteiger partial charge in [0.25, 0.3) is 0 Å². The molecule has 0 bridgehead atoms. The standard InChI is InChI=1S/C53H31F3Se.C53H31NSe/c54-53(55,56)35-28-25-33(26-29-35)49-40-19-8-10-21-42(40)51(43-22-11-9-20-41(43)49)45-24-12-23-44-46-31-34(27-30-47(46)57-52(44)45)50-38-17-6-4-15-36(38)48(32-13-2-1-3-14-32)37-16-5-7-18-39(37)50;1-54-47-29-14-13-26-44(47)51-39-22-9-11-24-41(39)52(42-25-12-10-23-40(42)51)45-28-15-27-43-46-32-34(30-31-48(46)55-53(43)45)50-37-20-7-5-18-35(37)49(33-16-3-2-4-17-33)36-19-6-8-21-38(36)50/h1-31H;2-32H. The van der Waals surface area contributed by atoms with Crippen molar-refractivity contribution < 1.29 is 13.2 Å². The average molecular weight is 1560 g/mol. The summed E-state index contributed by atoms with van der Waals surface area (Å²) in [6.07, 6.45) is -4.39. The van der Waals surface area contributed by atoms with Gasteiger partial charge < -0.3 is 0 Å². The quantitative estimate of drug-likeness (QED) is 0.0811. The first-order valence-electron chi connectivity index (χ1n) is 37.6. The SMILES string of the molecule is FC(F)(F)c1ccc(-c2c3ccccc3c(-c3cccc4c3[se]c3ccc(-c5c6ccccc6c(-c6ccccc6)c6ccccc56)cc34)c3ccccc23)cc1.[C-]#[N+]c1ccccc1-c1c2ccccc2c(-c2cccc3c2[se]c2ccc(-c4c5ccccc5c(-c5ccccc5)c5ccccc45)cc23)c2ccccc12. The van der Waals surface area contributed by atoms with Crippen molar-refractivity contribution in [3.05, 3.63) is 393 Å². The Balaban J connectivity index is 0.000000142. The summed E-state index contributed by atoms with van der Waals surface area (Å²) in [5, 5.41) is 24.2. The molecule has 22 aromatic rings. The zero-order valence-corrected chi connectivity index (χ0v) is 63.6. The Kier molecular flexibility index (Phi) is 16.2. The molecule has 0 N–H and O–H groups in total. The topological polar surface area (TPSA) is 4.36 Å². The van der Waals surface area contributed by atoms with Crippen molar-refractivity contribution in [3.8, 4) is 89.0 Å².